The molecular formula is C26H22FN3O3. The summed E-state index contributed by atoms with van der Waals surface area (Å²) in [4.78, 5) is 31.0. The SMILES string of the molecule is CC1=C(C(=O)Nc2ccccn2)[C@@H](c2ccc(F)cc2)C2=C(C[C@H](c3ccco3)CC2=O)N1. The average molecular weight is 443 g/mol. The normalized spacial score (nSPS) is 20.4. The number of benzene rings is 1. The molecule has 6 nitrogen and oxygen atoms in total. The van der Waals surface area contributed by atoms with E-state index in [2.05, 4.69) is 15.6 Å². The van der Waals surface area contributed by atoms with E-state index < -0.39 is 5.92 Å². The van der Waals surface area contributed by atoms with E-state index >= 15 is 0 Å². The van der Waals surface area contributed by atoms with E-state index in [9.17, 15) is 14.0 Å². The standard InChI is InChI=1S/C26H22FN3O3/c1-15-23(26(32)30-22-6-2-3-11-28-22)24(16-7-9-18(27)10-8-16)25-19(29-15)13-17(14-20(25)31)21-5-4-12-33-21/h2-12,17,24,29H,13-14H2,1H3,(H,28,30,32)/t17-,24+/m0/s1. The Labute approximate surface area is 190 Å². The van der Waals surface area contributed by atoms with Gasteiger partial charge in [-0.2, -0.15) is 0 Å². The van der Waals surface area contributed by atoms with Gasteiger partial charge in [0.05, 0.1) is 6.26 Å². The Balaban J connectivity index is 1.57. The first-order valence-electron chi connectivity index (χ1n) is 10.8. The Morgan fingerprint density at radius 2 is 1.94 bits per heavy atom. The number of hydrogen-bond donors (Lipinski definition) is 2. The van der Waals surface area contributed by atoms with Gasteiger partial charge in [0, 0.05) is 47.0 Å². The maximum Gasteiger partial charge on any atom is 0.255 e. The Bertz CT molecular complexity index is 1260. The molecule has 1 aliphatic carbocycles. The van der Waals surface area contributed by atoms with E-state index in [-0.39, 0.29) is 29.8 Å². The zero-order chi connectivity index (χ0) is 22.9. The number of carbonyl (C=O) groups excluding carboxylic acids is 2. The van der Waals surface area contributed by atoms with Crippen LogP contribution in [0.4, 0.5) is 10.2 Å². The molecule has 0 radical (unpaired) electrons. The van der Waals surface area contributed by atoms with Crippen LogP contribution >= 0.6 is 0 Å². The molecule has 2 atom stereocenters. The molecule has 2 aliphatic rings. The summed E-state index contributed by atoms with van der Waals surface area (Å²) in [5, 5.41) is 6.13. The van der Waals surface area contributed by atoms with E-state index in [0.717, 1.165) is 11.5 Å². The highest BCUT2D eigenvalue weighted by molar-refractivity contribution is 6.09. The number of anilines is 1. The second-order valence-corrected chi connectivity index (χ2v) is 8.25. The topological polar surface area (TPSA) is 84.2 Å². The first-order chi connectivity index (χ1) is 16.0. The van der Waals surface area contributed by atoms with Crippen molar-refractivity contribution in [1.29, 1.82) is 0 Å². The third-order valence-electron chi connectivity index (χ3n) is 6.13. The van der Waals surface area contributed by atoms with E-state index in [1.807, 2.05) is 19.1 Å². The monoisotopic (exact) mass is 443 g/mol. The second-order valence-electron chi connectivity index (χ2n) is 8.25. The van der Waals surface area contributed by atoms with Crippen LogP contribution in [0.15, 0.2) is 94.0 Å². The zero-order valence-electron chi connectivity index (χ0n) is 18.0. The molecule has 5 rings (SSSR count). The van der Waals surface area contributed by atoms with Crippen LogP contribution in [-0.2, 0) is 9.59 Å². The summed E-state index contributed by atoms with van der Waals surface area (Å²) in [5.74, 6) is -0.325. The molecule has 1 aliphatic heterocycles. The average Bonchev–Trinajstić information content (AvgIpc) is 3.34. The van der Waals surface area contributed by atoms with Crippen molar-refractivity contribution in [3.05, 3.63) is 107 Å². The van der Waals surface area contributed by atoms with Gasteiger partial charge < -0.3 is 15.1 Å². The van der Waals surface area contributed by atoms with Crippen molar-refractivity contribution in [2.75, 3.05) is 5.32 Å². The second kappa shape index (κ2) is 8.50. The third kappa shape index (κ3) is 3.98. The fraction of sp³-hybridized carbons (Fsp3) is 0.192. The fourth-order valence-electron chi connectivity index (χ4n) is 4.67. The molecule has 2 aromatic heterocycles. The van der Waals surface area contributed by atoms with Crippen LogP contribution in [0, 0.1) is 5.82 Å². The van der Waals surface area contributed by atoms with Gasteiger partial charge >= 0.3 is 0 Å². The molecule has 7 heteroatoms. The number of ketones is 1. The highest BCUT2D eigenvalue weighted by atomic mass is 19.1. The largest absolute Gasteiger partial charge is 0.469 e. The lowest BCUT2D eigenvalue weighted by Gasteiger charge is -2.36. The van der Waals surface area contributed by atoms with Crippen LogP contribution < -0.4 is 10.6 Å². The van der Waals surface area contributed by atoms with Crippen molar-refractivity contribution in [2.24, 2.45) is 0 Å². The number of nitrogens with one attached hydrogen (secondary N) is 2. The van der Waals surface area contributed by atoms with Gasteiger partial charge in [-0.05, 0) is 55.3 Å². The van der Waals surface area contributed by atoms with Crippen molar-refractivity contribution in [3.63, 3.8) is 0 Å². The molecule has 0 spiro atoms. The van der Waals surface area contributed by atoms with Crippen LogP contribution in [0.25, 0.3) is 0 Å². The summed E-state index contributed by atoms with van der Waals surface area (Å²) in [5.41, 5.74) is 3.05. The van der Waals surface area contributed by atoms with E-state index in [1.54, 1.807) is 42.8 Å². The number of pyridine rings is 1. The quantitative estimate of drug-likeness (QED) is 0.604. The van der Waals surface area contributed by atoms with Crippen molar-refractivity contribution in [1.82, 2.24) is 10.3 Å². The predicted molar refractivity (Wildman–Crippen MR) is 121 cm³/mol. The highest BCUT2D eigenvalue weighted by Gasteiger charge is 2.41. The number of aromatic nitrogens is 1. The minimum atomic E-state index is -0.615. The number of allylic oxidation sites excluding steroid dienone is 3. The predicted octanol–water partition coefficient (Wildman–Crippen LogP) is 4.81. The molecular weight excluding hydrogens is 421 g/mol. The zero-order valence-corrected chi connectivity index (χ0v) is 18.0. The van der Waals surface area contributed by atoms with E-state index in [1.165, 1.54) is 12.1 Å². The van der Waals surface area contributed by atoms with Gasteiger partial charge in [0.2, 0.25) is 0 Å². The molecule has 1 amide bonds. The first kappa shape index (κ1) is 20.9. The molecule has 0 saturated carbocycles. The van der Waals surface area contributed by atoms with Crippen molar-refractivity contribution < 1.29 is 18.4 Å². The maximum atomic E-state index is 13.7. The van der Waals surface area contributed by atoms with Gasteiger partial charge in [-0.25, -0.2) is 9.37 Å². The number of carbonyl (C=O) groups is 2. The summed E-state index contributed by atoms with van der Waals surface area (Å²) in [6.45, 7) is 1.81. The number of hydrogen-bond acceptors (Lipinski definition) is 5. The summed E-state index contributed by atoms with van der Waals surface area (Å²) < 4.78 is 19.2. The van der Waals surface area contributed by atoms with Crippen molar-refractivity contribution in [2.45, 2.75) is 31.6 Å². The molecule has 0 fully saturated rings. The minimum absolute atomic E-state index is 0.0601. The van der Waals surface area contributed by atoms with Crippen LogP contribution in [0.2, 0.25) is 0 Å². The number of Topliss-reactive ketones (excluding diaryl/α,β-unsaturated/α-hetero) is 1. The first-order valence-corrected chi connectivity index (χ1v) is 10.8. The minimum Gasteiger partial charge on any atom is -0.469 e. The number of rotatable bonds is 4. The Morgan fingerprint density at radius 3 is 2.64 bits per heavy atom. The van der Waals surface area contributed by atoms with E-state index in [4.69, 9.17) is 4.42 Å². The molecule has 3 heterocycles. The summed E-state index contributed by atoms with van der Waals surface area (Å²) in [6, 6.07) is 14.9. The molecule has 1 aromatic carbocycles. The van der Waals surface area contributed by atoms with Gasteiger partial charge in [-0.1, -0.05) is 18.2 Å². The Hall–Kier alpha value is -4.00. The number of nitrogens with zero attached hydrogens (tertiary/aromatic N) is 1. The number of halogens is 1. The molecule has 2 N–H and O–H groups in total. The maximum absolute atomic E-state index is 13.7. The van der Waals surface area contributed by atoms with Gasteiger partial charge in [0.25, 0.3) is 5.91 Å². The van der Waals surface area contributed by atoms with Gasteiger partial charge in [0.1, 0.15) is 17.4 Å². The van der Waals surface area contributed by atoms with Crippen LogP contribution in [0.5, 0.6) is 0 Å². The molecule has 0 bridgehead atoms. The summed E-state index contributed by atoms with van der Waals surface area (Å²) >= 11 is 0. The van der Waals surface area contributed by atoms with Gasteiger partial charge in [0.15, 0.2) is 5.78 Å². The lowest BCUT2D eigenvalue weighted by molar-refractivity contribution is -0.116. The van der Waals surface area contributed by atoms with Gasteiger partial charge in [-0.15, -0.1) is 0 Å². The number of furan rings is 1. The third-order valence-corrected chi connectivity index (χ3v) is 6.13. The summed E-state index contributed by atoms with van der Waals surface area (Å²) in [7, 11) is 0. The highest BCUT2D eigenvalue weighted by Crippen LogP contribution is 2.45. The molecule has 0 unspecified atom stereocenters. The van der Waals surface area contributed by atoms with Crippen LogP contribution in [0.3, 0.4) is 0 Å². The Morgan fingerprint density at radius 1 is 1.12 bits per heavy atom. The lowest BCUT2D eigenvalue weighted by atomic mass is 9.72. The molecule has 166 valence electrons. The van der Waals surface area contributed by atoms with Crippen molar-refractivity contribution >= 4 is 17.5 Å². The van der Waals surface area contributed by atoms with Crippen LogP contribution in [-0.4, -0.2) is 16.7 Å². The van der Waals surface area contributed by atoms with Crippen LogP contribution in [0.1, 0.15) is 42.9 Å². The van der Waals surface area contributed by atoms with E-state index in [0.29, 0.717) is 34.6 Å². The molecule has 3 aromatic rings. The summed E-state index contributed by atoms with van der Waals surface area (Å²) in [6.07, 6.45) is 4.05. The van der Waals surface area contributed by atoms with Gasteiger partial charge in [-0.3, -0.25) is 9.59 Å². The number of amides is 1. The molecule has 0 saturated heterocycles. The lowest BCUT2D eigenvalue weighted by Crippen LogP contribution is -2.37. The number of dihydropyridines is 1. The smallest absolute Gasteiger partial charge is 0.255 e. The molecule has 33 heavy (non-hydrogen) atoms. The van der Waals surface area contributed by atoms with Crippen molar-refractivity contribution in [3.8, 4) is 0 Å². The fourth-order valence-corrected chi connectivity index (χ4v) is 4.67. The Kier molecular flexibility index (Phi) is 5.38.